The molecule has 0 aliphatic carbocycles. The Kier molecular flexibility index (Phi) is 39.4. The van der Waals surface area contributed by atoms with Crippen molar-refractivity contribution in [3.63, 3.8) is 0 Å². The maximum atomic E-state index is 13.6. The highest BCUT2D eigenvalue weighted by Gasteiger charge is 2.25. The minimum atomic E-state index is -0.554. The van der Waals surface area contributed by atoms with E-state index in [0.29, 0.717) is 37.5 Å². The first kappa shape index (κ1) is 51.7. The minimum absolute atomic E-state index is 0.0329. The van der Waals surface area contributed by atoms with Crippen molar-refractivity contribution >= 4 is 29.5 Å². The van der Waals surface area contributed by atoms with Crippen LogP contribution in [0.4, 0.5) is 0 Å². The van der Waals surface area contributed by atoms with Gasteiger partial charge < -0.3 is 20.3 Å². The van der Waals surface area contributed by atoms with E-state index in [1.807, 2.05) is 19.0 Å². The maximum absolute atomic E-state index is 13.6. The van der Waals surface area contributed by atoms with Gasteiger partial charge in [-0.3, -0.25) is 14.4 Å². The molecule has 2 unspecified atom stereocenters. The molecule has 0 aromatic carbocycles. The van der Waals surface area contributed by atoms with Crippen molar-refractivity contribution in [2.75, 3.05) is 45.3 Å². The van der Waals surface area contributed by atoms with E-state index in [-0.39, 0.29) is 23.7 Å². The molecule has 0 radical (unpaired) electrons. The average molecular weight is 768 g/mol. The number of rotatable bonds is 41. The fraction of sp³-hybridized carbons (Fsp3) is 0.933. The normalized spacial score (nSPS) is 12.6. The van der Waals surface area contributed by atoms with E-state index >= 15 is 0 Å². The topological polar surface area (TPSA) is 87.7 Å². The quantitative estimate of drug-likeness (QED) is 0.0476. The van der Waals surface area contributed by atoms with Gasteiger partial charge in [-0.25, -0.2) is 0 Å². The Morgan fingerprint density at radius 1 is 0.547 bits per heavy atom. The molecule has 53 heavy (non-hydrogen) atoms. The summed E-state index contributed by atoms with van der Waals surface area (Å²) in [5.74, 6) is 1.13. The third-order valence-electron chi connectivity index (χ3n) is 10.4. The summed E-state index contributed by atoms with van der Waals surface area (Å²) >= 11 is 1.66. The van der Waals surface area contributed by atoms with Crippen molar-refractivity contribution in [1.29, 1.82) is 0 Å². The molecule has 2 amide bonds. The van der Waals surface area contributed by atoms with Gasteiger partial charge in [-0.15, -0.1) is 0 Å². The van der Waals surface area contributed by atoms with Crippen LogP contribution < -0.4 is 10.6 Å². The first-order chi connectivity index (χ1) is 25.8. The lowest BCUT2D eigenvalue weighted by atomic mass is 9.93. The first-order valence-corrected chi connectivity index (χ1v) is 24.0. The lowest BCUT2D eigenvalue weighted by molar-refractivity contribution is -0.143. The van der Waals surface area contributed by atoms with E-state index < -0.39 is 6.04 Å². The van der Waals surface area contributed by atoms with Crippen LogP contribution in [0.15, 0.2) is 0 Å². The van der Waals surface area contributed by atoms with Crippen molar-refractivity contribution in [2.45, 2.75) is 219 Å². The first-order valence-electron chi connectivity index (χ1n) is 22.8. The van der Waals surface area contributed by atoms with Gasteiger partial charge in [0.25, 0.3) is 0 Å². The number of carbonyl (C=O) groups is 3. The molecule has 0 aromatic heterocycles. The van der Waals surface area contributed by atoms with Crippen LogP contribution in [-0.2, 0) is 19.1 Å². The molecule has 0 spiro atoms. The zero-order valence-corrected chi connectivity index (χ0v) is 36.7. The van der Waals surface area contributed by atoms with E-state index in [4.69, 9.17) is 4.74 Å². The second-order valence-electron chi connectivity index (χ2n) is 15.9. The van der Waals surface area contributed by atoms with E-state index in [1.54, 1.807) is 11.8 Å². The number of hydrogen-bond donors (Lipinski definition) is 2. The Morgan fingerprint density at radius 3 is 1.45 bits per heavy atom. The number of unbranched alkanes of at least 4 members (excludes halogenated alkanes) is 23. The van der Waals surface area contributed by atoms with Crippen LogP contribution in [0.2, 0.25) is 0 Å². The van der Waals surface area contributed by atoms with Crippen LogP contribution in [0.3, 0.4) is 0 Å². The predicted octanol–water partition coefficient (Wildman–Crippen LogP) is 11.8. The van der Waals surface area contributed by atoms with Crippen LogP contribution in [0, 0.1) is 5.92 Å². The second kappa shape index (κ2) is 40.4. The van der Waals surface area contributed by atoms with Crippen molar-refractivity contribution in [1.82, 2.24) is 15.5 Å². The molecule has 0 saturated heterocycles. The highest BCUT2D eigenvalue weighted by atomic mass is 32.2. The number of likely N-dealkylation sites (N-methyl/N-ethyl adjacent to an activating group) is 1. The monoisotopic (exact) mass is 768 g/mol. The Balaban J connectivity index is 4.36. The van der Waals surface area contributed by atoms with Crippen molar-refractivity contribution in [3.05, 3.63) is 0 Å². The summed E-state index contributed by atoms with van der Waals surface area (Å²) in [6, 6.07) is -0.554. The number of nitrogens with zero attached hydrogens (tertiary/aromatic N) is 1. The molecule has 0 heterocycles. The SMILES string of the molecule is CCCCCCCCCCCCCCCCCCOC(=O)CCSCCC(NC(=O)C(CCCCCC)CCCCCCCC)C(=O)NCCN(C)C. The predicted molar refractivity (Wildman–Crippen MR) is 231 cm³/mol. The van der Waals surface area contributed by atoms with Gasteiger partial charge in [0.05, 0.1) is 13.0 Å². The number of nitrogens with one attached hydrogen (secondary N) is 2. The Labute approximate surface area is 333 Å². The lowest BCUT2D eigenvalue weighted by Crippen LogP contribution is -2.49. The summed E-state index contributed by atoms with van der Waals surface area (Å²) in [5, 5.41) is 6.20. The Morgan fingerprint density at radius 2 is 0.981 bits per heavy atom. The highest BCUT2D eigenvalue weighted by molar-refractivity contribution is 7.99. The Bertz CT molecular complexity index is 828. The summed E-state index contributed by atoms with van der Waals surface area (Å²) in [4.78, 5) is 41.2. The molecule has 2 atom stereocenters. The van der Waals surface area contributed by atoms with E-state index in [9.17, 15) is 14.4 Å². The summed E-state index contributed by atoms with van der Waals surface area (Å²) < 4.78 is 5.50. The van der Waals surface area contributed by atoms with Crippen LogP contribution in [-0.4, -0.2) is 74.0 Å². The molecule has 0 fully saturated rings. The molecule has 2 N–H and O–H groups in total. The third-order valence-corrected chi connectivity index (χ3v) is 11.5. The van der Waals surface area contributed by atoms with Gasteiger partial charge in [0.15, 0.2) is 0 Å². The maximum Gasteiger partial charge on any atom is 0.306 e. The molecule has 0 aliphatic rings. The Hall–Kier alpha value is -1.28. The van der Waals surface area contributed by atoms with E-state index in [0.717, 1.165) is 51.5 Å². The smallest absolute Gasteiger partial charge is 0.306 e. The average Bonchev–Trinajstić information content (AvgIpc) is 3.14. The number of amides is 2. The van der Waals surface area contributed by atoms with Gasteiger partial charge in [-0.1, -0.05) is 181 Å². The number of hydrogen-bond acceptors (Lipinski definition) is 6. The van der Waals surface area contributed by atoms with Gasteiger partial charge in [0.2, 0.25) is 11.8 Å². The molecule has 0 aromatic rings. The standard InChI is InChI=1S/C45H89N3O4S/c1-6-9-12-15-17-18-19-20-21-22-23-24-25-26-28-31-38-52-43(49)35-40-53-39-34-42(45(51)46-36-37-48(4)5)47-44(50)41(32-29-14-11-8-3)33-30-27-16-13-10-7-2/h41-42H,6-40H2,1-5H3,(H,46,51)(H,47,50). The molecule has 0 aliphatic heterocycles. The summed E-state index contributed by atoms with van der Waals surface area (Å²) in [6.07, 6.45) is 35.9. The highest BCUT2D eigenvalue weighted by Crippen LogP contribution is 2.20. The molecule has 314 valence electrons. The molecular weight excluding hydrogens is 679 g/mol. The molecule has 0 rings (SSSR count). The van der Waals surface area contributed by atoms with Gasteiger partial charge in [0.1, 0.15) is 6.04 Å². The lowest BCUT2D eigenvalue weighted by Gasteiger charge is -2.23. The summed E-state index contributed by atoms with van der Waals surface area (Å²) in [7, 11) is 3.97. The van der Waals surface area contributed by atoms with E-state index in [2.05, 4.69) is 31.4 Å². The fourth-order valence-electron chi connectivity index (χ4n) is 6.85. The molecule has 7 nitrogen and oxygen atoms in total. The van der Waals surface area contributed by atoms with Crippen LogP contribution >= 0.6 is 11.8 Å². The largest absolute Gasteiger partial charge is 0.466 e. The second-order valence-corrected chi connectivity index (χ2v) is 17.2. The number of thioether (sulfide) groups is 1. The summed E-state index contributed by atoms with van der Waals surface area (Å²) in [6.45, 7) is 8.54. The minimum Gasteiger partial charge on any atom is -0.466 e. The number of esters is 1. The number of carbonyl (C=O) groups excluding carboxylic acids is 3. The molecule has 8 heteroatoms. The van der Waals surface area contributed by atoms with Crippen LogP contribution in [0.5, 0.6) is 0 Å². The van der Waals surface area contributed by atoms with E-state index in [1.165, 1.54) is 135 Å². The van der Waals surface area contributed by atoms with Crippen LogP contribution in [0.1, 0.15) is 213 Å². The van der Waals surface area contributed by atoms with Crippen LogP contribution in [0.25, 0.3) is 0 Å². The number of ether oxygens (including phenoxy) is 1. The van der Waals surface area contributed by atoms with Gasteiger partial charge >= 0.3 is 5.97 Å². The van der Waals surface area contributed by atoms with Crippen molar-refractivity contribution in [3.8, 4) is 0 Å². The third kappa shape index (κ3) is 36.1. The van der Waals surface area contributed by atoms with Crippen molar-refractivity contribution in [2.24, 2.45) is 5.92 Å². The zero-order valence-electron chi connectivity index (χ0n) is 35.9. The molecule has 0 saturated carbocycles. The molecule has 0 bridgehead atoms. The van der Waals surface area contributed by atoms with Gasteiger partial charge in [0, 0.05) is 24.8 Å². The summed E-state index contributed by atoms with van der Waals surface area (Å²) in [5.41, 5.74) is 0. The van der Waals surface area contributed by atoms with Gasteiger partial charge in [-0.2, -0.15) is 11.8 Å². The molecular formula is C45H89N3O4S. The zero-order chi connectivity index (χ0) is 39.0. The van der Waals surface area contributed by atoms with Gasteiger partial charge in [-0.05, 0) is 45.5 Å². The fourth-order valence-corrected chi connectivity index (χ4v) is 7.76. The van der Waals surface area contributed by atoms with Crippen molar-refractivity contribution < 1.29 is 19.1 Å².